The summed E-state index contributed by atoms with van der Waals surface area (Å²) >= 11 is 5.79. The van der Waals surface area contributed by atoms with E-state index in [1.807, 2.05) is 0 Å². The first-order valence-electron chi connectivity index (χ1n) is 5.13. The standard InChI is InChI=1S/C10H11ClO5S2/c11-9-6-17(12,13)7-10(9)16-18(14,15)8-4-2-1-3-5-8/h1-5,9-10H,6-7H2. The molecule has 1 aliphatic heterocycles. The number of sulfone groups is 1. The Labute approximate surface area is 111 Å². The Hall–Kier alpha value is -0.630. The van der Waals surface area contributed by atoms with Crippen LogP contribution in [0.2, 0.25) is 0 Å². The molecule has 1 heterocycles. The summed E-state index contributed by atoms with van der Waals surface area (Å²) in [6.07, 6.45) is -1.03. The molecule has 100 valence electrons. The molecule has 2 rings (SSSR count). The van der Waals surface area contributed by atoms with Crippen LogP contribution in [0.3, 0.4) is 0 Å². The van der Waals surface area contributed by atoms with Crippen LogP contribution in [0.5, 0.6) is 0 Å². The first-order chi connectivity index (χ1) is 8.30. The zero-order valence-corrected chi connectivity index (χ0v) is 11.6. The maximum atomic E-state index is 11.9. The number of rotatable bonds is 3. The SMILES string of the molecule is O=S1(=O)CC(Cl)C(OS(=O)(=O)c2ccccc2)C1. The van der Waals surface area contributed by atoms with Crippen LogP contribution in [-0.2, 0) is 24.1 Å². The molecule has 2 atom stereocenters. The minimum absolute atomic E-state index is 0.0156. The van der Waals surface area contributed by atoms with Crippen molar-refractivity contribution in [2.75, 3.05) is 11.5 Å². The molecule has 0 saturated carbocycles. The van der Waals surface area contributed by atoms with Gasteiger partial charge in [0.1, 0.15) is 6.10 Å². The second-order valence-electron chi connectivity index (χ2n) is 3.99. The van der Waals surface area contributed by atoms with Gasteiger partial charge in [0, 0.05) is 0 Å². The van der Waals surface area contributed by atoms with Gasteiger partial charge in [0.05, 0.1) is 21.8 Å². The molecule has 1 aromatic carbocycles. The average Bonchev–Trinajstić information content (AvgIpc) is 2.52. The van der Waals surface area contributed by atoms with Crippen molar-refractivity contribution in [1.29, 1.82) is 0 Å². The molecule has 0 bridgehead atoms. The fraction of sp³-hybridized carbons (Fsp3) is 0.400. The molecule has 1 aliphatic rings. The fourth-order valence-electron chi connectivity index (χ4n) is 1.67. The van der Waals surface area contributed by atoms with Crippen molar-refractivity contribution in [3.05, 3.63) is 30.3 Å². The van der Waals surface area contributed by atoms with Gasteiger partial charge in [-0.1, -0.05) is 18.2 Å². The van der Waals surface area contributed by atoms with Gasteiger partial charge in [0.15, 0.2) is 9.84 Å². The van der Waals surface area contributed by atoms with Gasteiger partial charge in [0.25, 0.3) is 10.1 Å². The van der Waals surface area contributed by atoms with Crippen LogP contribution in [0.4, 0.5) is 0 Å². The van der Waals surface area contributed by atoms with E-state index in [-0.39, 0.29) is 16.4 Å². The summed E-state index contributed by atoms with van der Waals surface area (Å²) in [6.45, 7) is 0. The van der Waals surface area contributed by atoms with E-state index in [0.717, 1.165) is 0 Å². The molecule has 18 heavy (non-hydrogen) atoms. The number of alkyl halides is 1. The van der Waals surface area contributed by atoms with Gasteiger partial charge in [-0.15, -0.1) is 11.6 Å². The molecule has 0 spiro atoms. The Morgan fingerprint density at radius 1 is 1.17 bits per heavy atom. The molecule has 1 fully saturated rings. The maximum absolute atomic E-state index is 11.9. The lowest BCUT2D eigenvalue weighted by Crippen LogP contribution is -2.26. The van der Waals surface area contributed by atoms with Crippen LogP contribution in [0.25, 0.3) is 0 Å². The lowest BCUT2D eigenvalue weighted by molar-refractivity contribution is 0.239. The predicted octanol–water partition coefficient (Wildman–Crippen LogP) is 0.796. The van der Waals surface area contributed by atoms with Gasteiger partial charge in [-0.3, -0.25) is 4.18 Å². The summed E-state index contributed by atoms with van der Waals surface area (Å²) < 4.78 is 51.3. The van der Waals surface area contributed by atoms with E-state index >= 15 is 0 Å². The van der Waals surface area contributed by atoms with Crippen LogP contribution in [-0.4, -0.2) is 39.8 Å². The van der Waals surface area contributed by atoms with Gasteiger partial charge >= 0.3 is 0 Å². The zero-order chi connectivity index (χ0) is 13.4. The molecule has 1 aromatic rings. The molecular formula is C10H11ClO5S2. The van der Waals surface area contributed by atoms with E-state index in [1.165, 1.54) is 12.1 Å². The molecular weight excluding hydrogens is 300 g/mol. The van der Waals surface area contributed by atoms with E-state index in [0.29, 0.717) is 0 Å². The van der Waals surface area contributed by atoms with E-state index in [4.69, 9.17) is 15.8 Å². The van der Waals surface area contributed by atoms with Crippen LogP contribution in [0.15, 0.2) is 35.2 Å². The van der Waals surface area contributed by atoms with Crippen molar-refractivity contribution in [3.8, 4) is 0 Å². The fourth-order valence-corrected chi connectivity index (χ4v) is 5.40. The van der Waals surface area contributed by atoms with Crippen LogP contribution >= 0.6 is 11.6 Å². The molecule has 0 radical (unpaired) electrons. The summed E-state index contributed by atoms with van der Waals surface area (Å²) in [5.74, 6) is -0.628. The van der Waals surface area contributed by atoms with Gasteiger partial charge in [-0.25, -0.2) is 8.42 Å². The predicted molar refractivity (Wildman–Crippen MR) is 66.8 cm³/mol. The average molecular weight is 311 g/mol. The third-order valence-electron chi connectivity index (χ3n) is 2.52. The lowest BCUT2D eigenvalue weighted by atomic mass is 10.3. The van der Waals surface area contributed by atoms with Crippen molar-refractivity contribution in [1.82, 2.24) is 0 Å². The summed E-state index contributed by atoms with van der Waals surface area (Å²) in [6, 6.07) is 7.53. The number of benzene rings is 1. The molecule has 2 unspecified atom stereocenters. The number of halogens is 1. The Kier molecular flexibility index (Phi) is 3.68. The highest BCUT2D eigenvalue weighted by Gasteiger charge is 2.40. The van der Waals surface area contributed by atoms with Gasteiger partial charge < -0.3 is 0 Å². The van der Waals surface area contributed by atoms with Crippen LogP contribution in [0.1, 0.15) is 0 Å². The van der Waals surface area contributed by atoms with E-state index < -0.39 is 31.4 Å². The van der Waals surface area contributed by atoms with Gasteiger partial charge in [-0.2, -0.15) is 8.42 Å². The minimum Gasteiger partial charge on any atom is -0.260 e. The number of hydrogen-bond donors (Lipinski definition) is 0. The highest BCUT2D eigenvalue weighted by Crippen LogP contribution is 2.24. The summed E-state index contributed by atoms with van der Waals surface area (Å²) in [7, 11) is -7.30. The van der Waals surface area contributed by atoms with Crippen molar-refractivity contribution >= 4 is 31.6 Å². The van der Waals surface area contributed by atoms with E-state index in [1.54, 1.807) is 18.2 Å². The Morgan fingerprint density at radius 2 is 1.78 bits per heavy atom. The monoisotopic (exact) mass is 310 g/mol. The molecule has 0 amide bonds. The number of hydrogen-bond acceptors (Lipinski definition) is 5. The minimum atomic E-state index is -3.98. The molecule has 1 saturated heterocycles. The van der Waals surface area contributed by atoms with Gasteiger partial charge in [0.2, 0.25) is 0 Å². The molecule has 0 N–H and O–H groups in total. The first kappa shape index (κ1) is 13.8. The molecule has 5 nitrogen and oxygen atoms in total. The quantitative estimate of drug-likeness (QED) is 0.609. The summed E-state index contributed by atoms with van der Waals surface area (Å²) in [5.41, 5.74) is 0. The first-order valence-corrected chi connectivity index (χ1v) is 8.80. The van der Waals surface area contributed by atoms with Crippen molar-refractivity contribution in [2.45, 2.75) is 16.4 Å². The third-order valence-corrected chi connectivity index (χ3v) is 6.19. The zero-order valence-electron chi connectivity index (χ0n) is 9.19. The maximum Gasteiger partial charge on any atom is 0.297 e. The highest BCUT2D eigenvalue weighted by molar-refractivity contribution is 7.92. The third kappa shape index (κ3) is 3.03. The van der Waals surface area contributed by atoms with Crippen LogP contribution < -0.4 is 0 Å². The van der Waals surface area contributed by atoms with Crippen molar-refractivity contribution in [3.63, 3.8) is 0 Å². The Morgan fingerprint density at radius 3 is 2.28 bits per heavy atom. The van der Waals surface area contributed by atoms with E-state index in [9.17, 15) is 16.8 Å². The lowest BCUT2D eigenvalue weighted by Gasteiger charge is -2.13. The molecule has 8 heteroatoms. The molecule has 0 aromatic heterocycles. The second-order valence-corrected chi connectivity index (χ2v) is 8.28. The topological polar surface area (TPSA) is 77.5 Å². The largest absolute Gasteiger partial charge is 0.297 e. The summed E-state index contributed by atoms with van der Waals surface area (Å²) in [5, 5.41) is -0.839. The molecule has 0 aliphatic carbocycles. The highest BCUT2D eigenvalue weighted by atomic mass is 35.5. The van der Waals surface area contributed by atoms with Crippen LogP contribution in [0, 0.1) is 0 Å². The van der Waals surface area contributed by atoms with Crippen molar-refractivity contribution < 1.29 is 21.0 Å². The van der Waals surface area contributed by atoms with Gasteiger partial charge in [-0.05, 0) is 12.1 Å². The smallest absolute Gasteiger partial charge is 0.260 e. The Bertz CT molecular complexity index is 623. The normalized spacial score (nSPS) is 27.2. The van der Waals surface area contributed by atoms with E-state index in [2.05, 4.69) is 0 Å². The Balaban J connectivity index is 2.20. The second kappa shape index (κ2) is 4.80. The van der Waals surface area contributed by atoms with Crippen molar-refractivity contribution in [2.24, 2.45) is 0 Å². The summed E-state index contributed by atoms with van der Waals surface area (Å²) in [4.78, 5) is -0.0156.